The number of aromatic nitrogens is 3. The van der Waals surface area contributed by atoms with E-state index in [1.54, 1.807) is 28.8 Å². The SMILES string of the molecule is O=C(Nc1nnc2ccccn12)c1cccc(S(=O)(=O)NC2CC2)c1. The lowest BCUT2D eigenvalue weighted by atomic mass is 10.2. The summed E-state index contributed by atoms with van der Waals surface area (Å²) in [6.07, 6.45) is 3.42. The molecule has 4 rings (SSSR count). The third kappa shape index (κ3) is 3.24. The highest BCUT2D eigenvalue weighted by molar-refractivity contribution is 7.89. The van der Waals surface area contributed by atoms with Crippen molar-refractivity contribution in [1.82, 2.24) is 19.3 Å². The van der Waals surface area contributed by atoms with Gasteiger partial charge in [0.15, 0.2) is 5.65 Å². The Morgan fingerprint density at radius 2 is 1.96 bits per heavy atom. The molecule has 1 amide bonds. The third-order valence-corrected chi connectivity index (χ3v) is 5.36. The fourth-order valence-corrected chi connectivity index (χ4v) is 3.74. The number of nitrogens with one attached hydrogen (secondary N) is 2. The molecule has 2 N–H and O–H groups in total. The highest BCUT2D eigenvalue weighted by Crippen LogP contribution is 2.22. The summed E-state index contributed by atoms with van der Waals surface area (Å²) in [5.41, 5.74) is 0.828. The van der Waals surface area contributed by atoms with Crippen LogP contribution in [0.2, 0.25) is 0 Å². The van der Waals surface area contributed by atoms with Crippen LogP contribution in [0.25, 0.3) is 5.65 Å². The Bertz CT molecular complexity index is 1060. The maximum atomic E-state index is 12.5. The molecule has 1 saturated carbocycles. The minimum atomic E-state index is -3.61. The Labute approximate surface area is 143 Å². The van der Waals surface area contributed by atoms with E-state index in [0.29, 0.717) is 5.65 Å². The number of hydrogen-bond acceptors (Lipinski definition) is 5. The van der Waals surface area contributed by atoms with Crippen LogP contribution in [0, 0.1) is 0 Å². The molecular formula is C16H15N5O3S. The predicted molar refractivity (Wildman–Crippen MR) is 90.7 cm³/mol. The van der Waals surface area contributed by atoms with Crippen LogP contribution in [-0.4, -0.2) is 35.0 Å². The van der Waals surface area contributed by atoms with Gasteiger partial charge in [0.1, 0.15) is 0 Å². The highest BCUT2D eigenvalue weighted by Gasteiger charge is 2.28. The van der Waals surface area contributed by atoms with Crippen molar-refractivity contribution in [3.63, 3.8) is 0 Å². The molecule has 0 unspecified atom stereocenters. The molecule has 2 aromatic heterocycles. The normalized spacial score (nSPS) is 14.6. The molecule has 0 radical (unpaired) electrons. The first-order valence-electron chi connectivity index (χ1n) is 7.76. The average Bonchev–Trinajstić information content (AvgIpc) is 3.33. The molecule has 0 bridgehead atoms. The van der Waals surface area contributed by atoms with Gasteiger partial charge in [-0.05, 0) is 43.2 Å². The summed E-state index contributed by atoms with van der Waals surface area (Å²) >= 11 is 0. The first kappa shape index (κ1) is 15.7. The van der Waals surface area contributed by atoms with Crippen molar-refractivity contribution in [3.05, 3.63) is 54.2 Å². The van der Waals surface area contributed by atoms with E-state index in [2.05, 4.69) is 20.2 Å². The number of rotatable bonds is 5. The zero-order valence-corrected chi connectivity index (χ0v) is 13.9. The molecule has 0 spiro atoms. The maximum absolute atomic E-state index is 12.5. The van der Waals surface area contributed by atoms with E-state index in [4.69, 9.17) is 0 Å². The smallest absolute Gasteiger partial charge is 0.258 e. The van der Waals surface area contributed by atoms with Crippen molar-refractivity contribution < 1.29 is 13.2 Å². The molecule has 2 heterocycles. The van der Waals surface area contributed by atoms with E-state index in [1.165, 1.54) is 18.2 Å². The van der Waals surface area contributed by atoms with Crippen molar-refractivity contribution in [3.8, 4) is 0 Å². The van der Waals surface area contributed by atoms with E-state index in [1.807, 2.05) is 6.07 Å². The molecule has 3 aromatic rings. The van der Waals surface area contributed by atoms with E-state index in [9.17, 15) is 13.2 Å². The first-order valence-corrected chi connectivity index (χ1v) is 9.25. The van der Waals surface area contributed by atoms with Crippen LogP contribution in [0.1, 0.15) is 23.2 Å². The molecule has 0 atom stereocenters. The molecule has 8 nitrogen and oxygen atoms in total. The van der Waals surface area contributed by atoms with Crippen LogP contribution < -0.4 is 10.0 Å². The second-order valence-electron chi connectivity index (χ2n) is 5.83. The van der Waals surface area contributed by atoms with Crippen LogP contribution in [0.15, 0.2) is 53.6 Å². The molecule has 1 fully saturated rings. The number of fused-ring (bicyclic) bond motifs is 1. The molecular weight excluding hydrogens is 342 g/mol. The molecule has 1 aromatic carbocycles. The van der Waals surface area contributed by atoms with Gasteiger partial charge in [0.05, 0.1) is 4.90 Å². The van der Waals surface area contributed by atoms with E-state index >= 15 is 0 Å². The molecule has 128 valence electrons. The number of pyridine rings is 1. The number of amides is 1. The lowest BCUT2D eigenvalue weighted by Crippen LogP contribution is -2.26. The summed E-state index contributed by atoms with van der Waals surface area (Å²) in [7, 11) is -3.61. The number of hydrogen-bond donors (Lipinski definition) is 2. The zero-order valence-electron chi connectivity index (χ0n) is 13.1. The van der Waals surface area contributed by atoms with Crippen LogP contribution in [0.4, 0.5) is 5.95 Å². The van der Waals surface area contributed by atoms with Gasteiger partial charge in [-0.2, -0.15) is 0 Å². The largest absolute Gasteiger partial charge is 0.290 e. The second kappa shape index (κ2) is 5.94. The van der Waals surface area contributed by atoms with Gasteiger partial charge < -0.3 is 0 Å². The number of sulfonamides is 1. The molecule has 0 aliphatic heterocycles. The fraction of sp³-hybridized carbons (Fsp3) is 0.188. The van der Waals surface area contributed by atoms with Crippen LogP contribution in [0.3, 0.4) is 0 Å². The Morgan fingerprint density at radius 3 is 2.76 bits per heavy atom. The van der Waals surface area contributed by atoms with Crippen molar-refractivity contribution in [2.24, 2.45) is 0 Å². The maximum Gasteiger partial charge on any atom is 0.258 e. The monoisotopic (exact) mass is 357 g/mol. The Morgan fingerprint density at radius 1 is 1.12 bits per heavy atom. The lowest BCUT2D eigenvalue weighted by Gasteiger charge is -2.08. The van der Waals surface area contributed by atoms with Gasteiger partial charge in [0.25, 0.3) is 5.91 Å². The molecule has 25 heavy (non-hydrogen) atoms. The van der Waals surface area contributed by atoms with Crippen LogP contribution >= 0.6 is 0 Å². The predicted octanol–water partition coefficient (Wildman–Crippen LogP) is 1.42. The van der Waals surface area contributed by atoms with Gasteiger partial charge >= 0.3 is 0 Å². The topological polar surface area (TPSA) is 105 Å². The fourth-order valence-electron chi connectivity index (χ4n) is 2.39. The number of benzene rings is 1. The van der Waals surface area contributed by atoms with Crippen molar-refractivity contribution in [2.45, 2.75) is 23.8 Å². The third-order valence-electron chi connectivity index (χ3n) is 3.84. The highest BCUT2D eigenvalue weighted by atomic mass is 32.2. The lowest BCUT2D eigenvalue weighted by molar-refractivity contribution is 0.102. The van der Waals surface area contributed by atoms with Crippen molar-refractivity contribution in [1.29, 1.82) is 0 Å². The van der Waals surface area contributed by atoms with Gasteiger partial charge in [-0.15, -0.1) is 10.2 Å². The number of nitrogens with zero attached hydrogens (tertiary/aromatic N) is 3. The summed E-state index contributed by atoms with van der Waals surface area (Å²) in [5.74, 6) is -0.188. The van der Waals surface area contributed by atoms with Crippen LogP contribution in [-0.2, 0) is 10.0 Å². The van der Waals surface area contributed by atoms with E-state index in [-0.39, 0.29) is 22.4 Å². The van der Waals surface area contributed by atoms with Gasteiger partial charge in [-0.1, -0.05) is 12.1 Å². The average molecular weight is 357 g/mol. The van der Waals surface area contributed by atoms with E-state index in [0.717, 1.165) is 12.8 Å². The summed E-state index contributed by atoms with van der Waals surface area (Å²) in [6, 6.07) is 11.3. The first-order chi connectivity index (χ1) is 12.0. The number of carbonyl (C=O) groups excluding carboxylic acids is 1. The van der Waals surface area contributed by atoms with Gasteiger partial charge in [0, 0.05) is 17.8 Å². The Hall–Kier alpha value is -2.78. The Balaban J connectivity index is 1.59. The second-order valence-corrected chi connectivity index (χ2v) is 7.54. The number of anilines is 1. The van der Waals surface area contributed by atoms with Crippen molar-refractivity contribution >= 4 is 27.5 Å². The van der Waals surface area contributed by atoms with Crippen LogP contribution in [0.5, 0.6) is 0 Å². The standard InChI is InChI=1S/C16H15N5O3S/c22-15(17-16-19-18-14-6-1-2-9-21(14)16)11-4-3-5-13(10-11)25(23,24)20-12-7-8-12/h1-6,9-10,12,20H,7-8H2,(H,17,19,22). The molecule has 1 aliphatic carbocycles. The quantitative estimate of drug-likeness (QED) is 0.718. The Kier molecular flexibility index (Phi) is 3.74. The minimum absolute atomic E-state index is 0.00448. The zero-order chi connectivity index (χ0) is 17.4. The summed E-state index contributed by atoms with van der Waals surface area (Å²) in [6.45, 7) is 0. The molecule has 1 aliphatic rings. The van der Waals surface area contributed by atoms with E-state index < -0.39 is 15.9 Å². The van der Waals surface area contributed by atoms with Gasteiger partial charge in [-0.25, -0.2) is 13.1 Å². The number of carbonyl (C=O) groups is 1. The molecule has 9 heteroatoms. The van der Waals surface area contributed by atoms with Gasteiger partial charge in [0.2, 0.25) is 16.0 Å². The summed E-state index contributed by atoms with van der Waals surface area (Å²) in [5, 5.41) is 10.5. The molecule has 0 saturated heterocycles. The van der Waals surface area contributed by atoms with Crippen molar-refractivity contribution in [2.75, 3.05) is 5.32 Å². The summed E-state index contributed by atoms with van der Waals surface area (Å²) in [4.78, 5) is 12.5. The summed E-state index contributed by atoms with van der Waals surface area (Å²) < 4.78 is 28.8. The van der Waals surface area contributed by atoms with Gasteiger partial charge in [-0.3, -0.25) is 14.5 Å². The minimum Gasteiger partial charge on any atom is -0.290 e.